The van der Waals surface area contributed by atoms with E-state index in [-0.39, 0.29) is 5.41 Å². The lowest BCUT2D eigenvalue weighted by atomic mass is 9.82. The molecule has 0 spiro atoms. The van der Waals surface area contributed by atoms with Crippen LogP contribution in [0.5, 0.6) is 23.0 Å². The fourth-order valence-electron chi connectivity index (χ4n) is 7.76. The van der Waals surface area contributed by atoms with Gasteiger partial charge in [0.15, 0.2) is 40.5 Å². The van der Waals surface area contributed by atoms with Crippen molar-refractivity contribution in [2.75, 3.05) is 0 Å². The number of hydrogen-bond donors (Lipinski definition) is 0. The fourth-order valence-corrected chi connectivity index (χ4v) is 7.76. The third-order valence-corrected chi connectivity index (χ3v) is 10.4. The van der Waals surface area contributed by atoms with Crippen molar-refractivity contribution in [1.82, 2.24) is 15.0 Å². The van der Waals surface area contributed by atoms with Gasteiger partial charge in [0.25, 0.3) is 0 Å². The molecule has 2 aliphatic rings. The Morgan fingerprint density at radius 3 is 1.62 bits per heavy atom. The number of rotatable bonds is 5. The number of ether oxygens (including phenoxy) is 2. The van der Waals surface area contributed by atoms with Crippen molar-refractivity contribution in [2.24, 2.45) is 0 Å². The molecule has 1 aromatic heterocycles. The summed E-state index contributed by atoms with van der Waals surface area (Å²) in [5.41, 5.74) is 11.4. The van der Waals surface area contributed by atoms with Crippen LogP contribution in [-0.4, -0.2) is 15.0 Å². The van der Waals surface area contributed by atoms with Gasteiger partial charge in [0, 0.05) is 33.2 Å². The van der Waals surface area contributed by atoms with Crippen LogP contribution < -0.4 is 9.47 Å². The fraction of sp³-hybridized carbons (Fsp3) is 0.0625. The Hall–Kier alpha value is -6.85. The van der Waals surface area contributed by atoms with Gasteiger partial charge in [-0.2, -0.15) is 0 Å². The molecule has 5 heteroatoms. The zero-order chi connectivity index (χ0) is 35.5. The first-order chi connectivity index (χ1) is 26.0. The van der Waals surface area contributed by atoms with Gasteiger partial charge >= 0.3 is 0 Å². The Balaban J connectivity index is 1.11. The zero-order valence-electron chi connectivity index (χ0n) is 29.2. The van der Waals surface area contributed by atoms with Crippen LogP contribution in [0, 0.1) is 0 Å². The van der Waals surface area contributed by atoms with E-state index < -0.39 is 0 Å². The first kappa shape index (κ1) is 30.9. The third kappa shape index (κ3) is 5.12. The predicted octanol–water partition coefficient (Wildman–Crippen LogP) is 12.4. The largest absolute Gasteiger partial charge is 0.449 e. The summed E-state index contributed by atoms with van der Waals surface area (Å²) in [6.07, 6.45) is 0. The number of aromatic nitrogens is 3. The topological polar surface area (TPSA) is 57.1 Å². The lowest BCUT2D eigenvalue weighted by molar-refractivity contribution is 0.361. The summed E-state index contributed by atoms with van der Waals surface area (Å²) >= 11 is 0. The van der Waals surface area contributed by atoms with Crippen LogP contribution in [-0.2, 0) is 5.41 Å². The maximum absolute atomic E-state index is 7.00. The van der Waals surface area contributed by atoms with Crippen LogP contribution >= 0.6 is 0 Å². The monoisotopic (exact) mass is 683 g/mol. The molecular weight excluding hydrogens is 651 g/mol. The molecule has 0 unspecified atom stereocenters. The van der Waals surface area contributed by atoms with Crippen molar-refractivity contribution >= 4 is 0 Å². The molecule has 7 aromatic carbocycles. The molecule has 252 valence electrons. The number of para-hydroxylation sites is 1. The highest BCUT2D eigenvalue weighted by molar-refractivity contribution is 5.91. The number of fused-ring (bicyclic) bond motifs is 6. The van der Waals surface area contributed by atoms with Crippen LogP contribution in [0.15, 0.2) is 164 Å². The van der Waals surface area contributed by atoms with Crippen LogP contribution in [0.2, 0.25) is 0 Å². The SMILES string of the molecule is CC1(C)c2ccccc2-c2c1ccc1c2Oc2c(cccc2-c2ccccc2-c2nc(-c3ccccc3)nc(-c3ccc(-c4ccccc4)cc3)n2)O1. The van der Waals surface area contributed by atoms with E-state index >= 15 is 0 Å². The van der Waals surface area contributed by atoms with E-state index in [4.69, 9.17) is 24.4 Å². The Morgan fingerprint density at radius 2 is 0.887 bits per heavy atom. The summed E-state index contributed by atoms with van der Waals surface area (Å²) in [5, 5.41) is 0. The standard InChI is InChI=1S/C48H33N3O2/c1-48(2)38-22-12-11-20-37(38)42-39(48)28-29-41-44(42)53-43-35(21-13-23-40(43)52-41)34-18-9-10-19-36(34)47-50-45(32-16-7-4-8-17-32)49-46(51-47)33-26-24-31(25-27-33)30-14-5-3-6-15-30/h3-29H,1-2H3. The first-order valence-corrected chi connectivity index (χ1v) is 17.9. The quantitative estimate of drug-likeness (QED) is 0.181. The second-order valence-corrected chi connectivity index (χ2v) is 14.0. The maximum Gasteiger partial charge on any atom is 0.178 e. The van der Waals surface area contributed by atoms with Crippen LogP contribution in [0.1, 0.15) is 25.0 Å². The van der Waals surface area contributed by atoms with Gasteiger partial charge in [0.1, 0.15) is 0 Å². The van der Waals surface area contributed by atoms with E-state index in [0.717, 1.165) is 50.3 Å². The summed E-state index contributed by atoms with van der Waals surface area (Å²) in [6.45, 7) is 4.54. The van der Waals surface area contributed by atoms with Gasteiger partial charge in [-0.05, 0) is 45.5 Å². The highest BCUT2D eigenvalue weighted by Gasteiger charge is 2.40. The smallest absolute Gasteiger partial charge is 0.178 e. The minimum absolute atomic E-state index is 0.161. The van der Waals surface area contributed by atoms with E-state index in [2.05, 4.69) is 111 Å². The molecular formula is C48H33N3O2. The second-order valence-electron chi connectivity index (χ2n) is 14.0. The third-order valence-electron chi connectivity index (χ3n) is 10.4. The van der Waals surface area contributed by atoms with E-state index in [0.29, 0.717) is 34.7 Å². The molecule has 0 saturated heterocycles. The van der Waals surface area contributed by atoms with Crippen LogP contribution in [0.25, 0.3) is 67.5 Å². The second kappa shape index (κ2) is 12.1. The number of nitrogens with zero attached hydrogens (tertiary/aromatic N) is 3. The van der Waals surface area contributed by atoms with E-state index in [1.807, 2.05) is 66.7 Å². The highest BCUT2D eigenvalue weighted by Crippen LogP contribution is 2.59. The van der Waals surface area contributed by atoms with Gasteiger partial charge in [-0.3, -0.25) is 0 Å². The minimum atomic E-state index is -0.161. The molecule has 8 aromatic rings. The molecule has 0 saturated carbocycles. The number of hydrogen-bond acceptors (Lipinski definition) is 5. The van der Waals surface area contributed by atoms with E-state index in [1.54, 1.807) is 0 Å². The molecule has 1 aliphatic carbocycles. The van der Waals surface area contributed by atoms with Gasteiger partial charge in [-0.25, -0.2) is 15.0 Å². The molecule has 53 heavy (non-hydrogen) atoms. The normalized spacial score (nSPS) is 13.2. The first-order valence-electron chi connectivity index (χ1n) is 17.9. The molecule has 0 fully saturated rings. The van der Waals surface area contributed by atoms with Crippen LogP contribution in [0.3, 0.4) is 0 Å². The van der Waals surface area contributed by atoms with Crippen molar-refractivity contribution in [3.05, 3.63) is 175 Å². The van der Waals surface area contributed by atoms with Crippen molar-refractivity contribution in [2.45, 2.75) is 19.3 Å². The van der Waals surface area contributed by atoms with Crippen LogP contribution in [0.4, 0.5) is 0 Å². The van der Waals surface area contributed by atoms with Crippen molar-refractivity contribution < 1.29 is 9.47 Å². The molecule has 2 heterocycles. The molecule has 1 aliphatic heterocycles. The molecule has 0 atom stereocenters. The lowest BCUT2D eigenvalue weighted by Gasteiger charge is -2.26. The average Bonchev–Trinajstić information content (AvgIpc) is 3.46. The molecule has 10 rings (SSSR count). The van der Waals surface area contributed by atoms with Gasteiger partial charge in [0.05, 0.1) is 0 Å². The Labute approximate surface area is 308 Å². The maximum atomic E-state index is 7.00. The Morgan fingerprint density at radius 1 is 0.358 bits per heavy atom. The summed E-state index contributed by atoms with van der Waals surface area (Å²) in [7, 11) is 0. The number of benzene rings is 7. The molecule has 0 amide bonds. The van der Waals surface area contributed by atoms with Gasteiger partial charge in [0.2, 0.25) is 0 Å². The minimum Gasteiger partial charge on any atom is -0.449 e. The van der Waals surface area contributed by atoms with Gasteiger partial charge in [-0.1, -0.05) is 166 Å². The summed E-state index contributed by atoms with van der Waals surface area (Å²) < 4.78 is 13.6. The zero-order valence-corrected chi connectivity index (χ0v) is 29.2. The summed E-state index contributed by atoms with van der Waals surface area (Å²) in [5.74, 6) is 4.56. The Kier molecular flexibility index (Phi) is 7.08. The highest BCUT2D eigenvalue weighted by atomic mass is 16.6. The Bertz CT molecular complexity index is 2690. The van der Waals surface area contributed by atoms with Crippen molar-refractivity contribution in [3.63, 3.8) is 0 Å². The van der Waals surface area contributed by atoms with Crippen molar-refractivity contribution in [3.8, 4) is 90.5 Å². The lowest BCUT2D eigenvalue weighted by Crippen LogP contribution is -2.15. The summed E-state index contributed by atoms with van der Waals surface area (Å²) in [6, 6.07) is 55.9. The van der Waals surface area contributed by atoms with Gasteiger partial charge < -0.3 is 9.47 Å². The molecule has 0 N–H and O–H groups in total. The van der Waals surface area contributed by atoms with Crippen molar-refractivity contribution in [1.29, 1.82) is 0 Å². The summed E-state index contributed by atoms with van der Waals surface area (Å²) in [4.78, 5) is 15.2. The molecule has 5 nitrogen and oxygen atoms in total. The molecule has 0 radical (unpaired) electrons. The van der Waals surface area contributed by atoms with Gasteiger partial charge in [-0.15, -0.1) is 0 Å². The van der Waals surface area contributed by atoms with E-state index in [1.165, 1.54) is 16.7 Å². The average molecular weight is 684 g/mol. The molecule has 0 bridgehead atoms. The predicted molar refractivity (Wildman–Crippen MR) is 211 cm³/mol. The van der Waals surface area contributed by atoms with E-state index in [9.17, 15) is 0 Å².